The van der Waals surface area contributed by atoms with Gasteiger partial charge < -0.3 is 4.57 Å². The van der Waals surface area contributed by atoms with Crippen molar-refractivity contribution >= 4 is 23.1 Å². The second-order valence-corrected chi connectivity index (χ2v) is 9.64. The molecule has 3 aromatic carbocycles. The minimum absolute atomic E-state index is 0.674. The number of hydrogen-bond donors (Lipinski definition) is 0. The van der Waals surface area contributed by atoms with Crippen LogP contribution in [0.3, 0.4) is 0 Å². The summed E-state index contributed by atoms with van der Waals surface area (Å²) in [5.74, 6) is 0. The molecule has 0 aliphatic heterocycles. The Morgan fingerprint density at radius 3 is 1.10 bits per heavy atom. The van der Waals surface area contributed by atoms with Gasteiger partial charge in [0.1, 0.15) is 0 Å². The summed E-state index contributed by atoms with van der Waals surface area (Å²) in [5.41, 5.74) is 3.15. The molecule has 0 saturated heterocycles. The zero-order valence-electron chi connectivity index (χ0n) is 16.8. The molecule has 0 unspecified atom stereocenters. The van der Waals surface area contributed by atoms with Crippen LogP contribution >= 0.6 is 7.14 Å². The second-order valence-electron chi connectivity index (χ2n) is 6.97. The van der Waals surface area contributed by atoms with Gasteiger partial charge in [0.2, 0.25) is 0 Å². The molecule has 0 bridgehead atoms. The van der Waals surface area contributed by atoms with Crippen LogP contribution in [-0.4, -0.2) is 0 Å². The number of benzene rings is 3. The van der Waals surface area contributed by atoms with Crippen LogP contribution in [0, 0.1) is 0 Å². The van der Waals surface area contributed by atoms with Gasteiger partial charge in [-0.3, -0.25) is 0 Å². The highest BCUT2D eigenvalue weighted by molar-refractivity contribution is 7.85. The summed E-state index contributed by atoms with van der Waals surface area (Å²) >= 11 is 0. The molecule has 0 radical (unpaired) electrons. The molecule has 0 saturated carbocycles. The van der Waals surface area contributed by atoms with E-state index in [-0.39, 0.29) is 0 Å². The zero-order valence-corrected chi connectivity index (χ0v) is 17.7. The first-order chi connectivity index (χ1) is 14.2. The van der Waals surface area contributed by atoms with Gasteiger partial charge in [0.15, 0.2) is 7.14 Å². The Hall–Kier alpha value is -2.89. The molecular formula is C27H27OP. The Morgan fingerprint density at radius 1 is 0.552 bits per heavy atom. The van der Waals surface area contributed by atoms with Gasteiger partial charge in [0.05, 0.1) is 0 Å². The third-order valence-electron chi connectivity index (χ3n) is 5.09. The van der Waals surface area contributed by atoms with Crippen molar-refractivity contribution in [2.45, 2.75) is 19.3 Å². The van der Waals surface area contributed by atoms with Crippen molar-refractivity contribution in [3.63, 3.8) is 0 Å². The molecular weight excluding hydrogens is 371 g/mol. The molecule has 0 heterocycles. The maximum Gasteiger partial charge on any atom is 0.171 e. The highest BCUT2D eigenvalue weighted by Crippen LogP contribution is 2.45. The Labute approximate surface area is 174 Å². The summed E-state index contributed by atoms with van der Waals surface area (Å²) in [7, 11) is -3.12. The zero-order chi connectivity index (χ0) is 20.7. The quantitative estimate of drug-likeness (QED) is 0.343. The Balaban J connectivity index is 2.42. The van der Waals surface area contributed by atoms with Crippen molar-refractivity contribution in [3.8, 4) is 0 Å². The minimum Gasteiger partial charge on any atom is -0.309 e. The number of allylic oxidation sites excluding steroid dienone is 3. The summed E-state index contributed by atoms with van der Waals surface area (Å²) in [6, 6.07) is 24.1. The van der Waals surface area contributed by atoms with Gasteiger partial charge in [-0.2, -0.15) is 0 Å². The lowest BCUT2D eigenvalue weighted by molar-refractivity contribution is 0.592. The van der Waals surface area contributed by atoms with Gasteiger partial charge in [-0.15, -0.1) is 19.7 Å². The van der Waals surface area contributed by atoms with E-state index >= 15 is 4.57 Å². The van der Waals surface area contributed by atoms with Crippen molar-refractivity contribution in [1.82, 2.24) is 0 Å². The van der Waals surface area contributed by atoms with Gasteiger partial charge in [0.25, 0.3) is 0 Å². The Kier molecular flexibility index (Phi) is 6.86. The minimum atomic E-state index is -3.12. The Bertz CT molecular complexity index is 940. The van der Waals surface area contributed by atoms with Crippen molar-refractivity contribution in [2.75, 3.05) is 0 Å². The van der Waals surface area contributed by atoms with Gasteiger partial charge in [-0.05, 0) is 36.0 Å². The van der Waals surface area contributed by atoms with Crippen LogP contribution in [0.15, 0.2) is 111 Å². The van der Waals surface area contributed by atoms with Crippen LogP contribution in [-0.2, 0) is 23.8 Å². The van der Waals surface area contributed by atoms with Crippen molar-refractivity contribution in [2.24, 2.45) is 0 Å². The van der Waals surface area contributed by atoms with Gasteiger partial charge in [0, 0.05) is 15.9 Å². The molecule has 0 amide bonds. The molecule has 29 heavy (non-hydrogen) atoms. The predicted octanol–water partition coefficient (Wildman–Crippen LogP) is 5.51. The van der Waals surface area contributed by atoms with Crippen LogP contribution in [0.5, 0.6) is 0 Å². The first-order valence-corrected chi connectivity index (χ1v) is 11.6. The molecule has 0 aliphatic rings. The first kappa shape index (κ1) is 20.8. The van der Waals surface area contributed by atoms with E-state index in [1.807, 2.05) is 72.8 Å². The lowest BCUT2D eigenvalue weighted by atomic mass is 10.1. The van der Waals surface area contributed by atoms with E-state index < -0.39 is 7.14 Å². The van der Waals surface area contributed by atoms with Crippen LogP contribution in [0.1, 0.15) is 16.7 Å². The molecule has 3 rings (SSSR count). The van der Waals surface area contributed by atoms with Crippen molar-refractivity contribution in [1.29, 1.82) is 0 Å². The maximum absolute atomic E-state index is 15.2. The molecule has 0 aliphatic carbocycles. The standard InChI is InChI=1S/C27H27OP/c1-4-13-22-16-7-10-19-25(22)29(28,26-20-11-8-17-23(26)14-5-2)27-21-12-9-18-24(27)15-6-3/h4-12,16-21H,1-3,13-15H2. The fourth-order valence-electron chi connectivity index (χ4n) is 3.83. The number of hydrogen-bond acceptors (Lipinski definition) is 1. The molecule has 1 nitrogen and oxygen atoms in total. The summed E-state index contributed by atoms with van der Waals surface area (Å²) < 4.78 is 15.2. The SMILES string of the molecule is C=CCc1ccccc1P(=O)(c1ccccc1CC=C)c1ccccc1CC=C. The largest absolute Gasteiger partial charge is 0.309 e. The molecule has 146 valence electrons. The second kappa shape index (κ2) is 9.54. The normalized spacial score (nSPS) is 11.0. The smallest absolute Gasteiger partial charge is 0.171 e. The summed E-state index contributed by atoms with van der Waals surface area (Å²) in [4.78, 5) is 0. The fraction of sp³-hybridized carbons (Fsp3) is 0.111. The summed E-state index contributed by atoms with van der Waals surface area (Å²) in [6.45, 7) is 11.7. The highest BCUT2D eigenvalue weighted by atomic mass is 31.2. The van der Waals surface area contributed by atoms with Crippen molar-refractivity contribution in [3.05, 3.63) is 127 Å². The van der Waals surface area contributed by atoms with Crippen LogP contribution < -0.4 is 15.9 Å². The molecule has 0 aromatic heterocycles. The Morgan fingerprint density at radius 2 is 0.828 bits per heavy atom. The third kappa shape index (κ3) is 4.11. The fourth-order valence-corrected chi connectivity index (χ4v) is 7.21. The van der Waals surface area contributed by atoms with Gasteiger partial charge >= 0.3 is 0 Å². The van der Waals surface area contributed by atoms with E-state index in [0.717, 1.165) is 32.6 Å². The molecule has 0 fully saturated rings. The van der Waals surface area contributed by atoms with Crippen LogP contribution in [0.4, 0.5) is 0 Å². The van der Waals surface area contributed by atoms with Gasteiger partial charge in [-0.25, -0.2) is 0 Å². The lowest BCUT2D eigenvalue weighted by Gasteiger charge is -2.26. The van der Waals surface area contributed by atoms with E-state index in [1.165, 1.54) is 0 Å². The predicted molar refractivity (Wildman–Crippen MR) is 128 cm³/mol. The van der Waals surface area contributed by atoms with E-state index in [2.05, 4.69) is 37.9 Å². The number of rotatable bonds is 9. The van der Waals surface area contributed by atoms with Gasteiger partial charge in [-0.1, -0.05) is 91.0 Å². The molecule has 2 heteroatoms. The van der Waals surface area contributed by atoms with Crippen LogP contribution in [0.2, 0.25) is 0 Å². The molecule has 0 atom stereocenters. The van der Waals surface area contributed by atoms with E-state index in [1.54, 1.807) is 0 Å². The maximum atomic E-state index is 15.2. The summed E-state index contributed by atoms with van der Waals surface area (Å²) in [6.07, 6.45) is 7.63. The average Bonchev–Trinajstić information content (AvgIpc) is 2.75. The molecule has 0 spiro atoms. The topological polar surface area (TPSA) is 17.1 Å². The molecule has 0 N–H and O–H groups in total. The monoisotopic (exact) mass is 398 g/mol. The molecule has 3 aromatic rings. The lowest BCUT2D eigenvalue weighted by Crippen LogP contribution is -2.31. The van der Waals surface area contributed by atoms with E-state index in [4.69, 9.17) is 0 Å². The third-order valence-corrected chi connectivity index (χ3v) is 8.43. The van der Waals surface area contributed by atoms with Crippen molar-refractivity contribution < 1.29 is 4.57 Å². The highest BCUT2D eigenvalue weighted by Gasteiger charge is 2.34. The summed E-state index contributed by atoms with van der Waals surface area (Å²) in [5, 5.41) is 2.65. The van der Waals surface area contributed by atoms with E-state index in [9.17, 15) is 0 Å². The first-order valence-electron chi connectivity index (χ1n) is 9.85. The van der Waals surface area contributed by atoms with Crippen LogP contribution in [0.25, 0.3) is 0 Å². The average molecular weight is 398 g/mol. The van der Waals surface area contributed by atoms with E-state index in [0.29, 0.717) is 19.3 Å².